The Morgan fingerprint density at radius 1 is 1.28 bits per heavy atom. The highest BCUT2D eigenvalue weighted by Gasteiger charge is 2.31. The SMILES string of the molecule is Cc1ncsc1C(=O)N1CCCCC1c1ccc2c(N)ncnc2n1. The molecule has 4 rings (SSSR count). The number of anilines is 1. The van der Waals surface area contributed by atoms with Gasteiger partial charge in [0.05, 0.1) is 28.3 Å². The highest BCUT2D eigenvalue weighted by atomic mass is 32.1. The molecule has 0 spiro atoms. The topological polar surface area (TPSA) is 97.9 Å². The first-order valence-electron chi connectivity index (χ1n) is 8.23. The van der Waals surface area contributed by atoms with E-state index in [0.29, 0.717) is 16.3 Å². The van der Waals surface area contributed by atoms with Crippen LogP contribution in [0.25, 0.3) is 11.0 Å². The van der Waals surface area contributed by atoms with Crippen molar-refractivity contribution < 1.29 is 4.79 Å². The lowest BCUT2D eigenvalue weighted by atomic mass is 9.98. The molecule has 3 aromatic heterocycles. The summed E-state index contributed by atoms with van der Waals surface area (Å²) < 4.78 is 0. The molecule has 1 atom stereocenters. The van der Waals surface area contributed by atoms with Gasteiger partial charge in [-0.25, -0.2) is 19.9 Å². The van der Waals surface area contributed by atoms with Gasteiger partial charge in [-0.1, -0.05) is 0 Å². The summed E-state index contributed by atoms with van der Waals surface area (Å²) in [5, 5.41) is 0.734. The number of nitrogen functional groups attached to an aromatic ring is 1. The third-order valence-electron chi connectivity index (χ3n) is 4.59. The molecule has 0 saturated carbocycles. The maximum Gasteiger partial charge on any atom is 0.266 e. The summed E-state index contributed by atoms with van der Waals surface area (Å²) in [4.78, 5) is 32.7. The molecule has 0 bridgehead atoms. The number of hydrogen-bond donors (Lipinski definition) is 1. The van der Waals surface area contributed by atoms with E-state index in [0.717, 1.165) is 42.6 Å². The maximum absolute atomic E-state index is 13.0. The molecular weight excluding hydrogens is 336 g/mol. The van der Waals surface area contributed by atoms with Gasteiger partial charge in [-0.05, 0) is 38.3 Å². The predicted octanol–water partition coefficient (Wildman–Crippen LogP) is 2.74. The van der Waals surface area contributed by atoms with Crippen LogP contribution in [0.1, 0.15) is 46.4 Å². The molecule has 1 saturated heterocycles. The average Bonchev–Trinajstić information content (AvgIpc) is 3.07. The molecule has 8 heteroatoms. The third kappa shape index (κ3) is 2.82. The van der Waals surface area contributed by atoms with E-state index in [1.54, 1.807) is 5.51 Å². The molecule has 4 heterocycles. The number of carbonyl (C=O) groups excluding carboxylic acids is 1. The number of pyridine rings is 1. The van der Waals surface area contributed by atoms with Crippen molar-refractivity contribution in [2.24, 2.45) is 0 Å². The number of fused-ring (bicyclic) bond motifs is 1. The summed E-state index contributed by atoms with van der Waals surface area (Å²) in [7, 11) is 0. The number of hydrogen-bond acceptors (Lipinski definition) is 7. The van der Waals surface area contributed by atoms with E-state index in [1.807, 2.05) is 24.0 Å². The Hall–Kier alpha value is -2.61. The second-order valence-electron chi connectivity index (χ2n) is 6.14. The average molecular weight is 354 g/mol. The number of piperidine rings is 1. The van der Waals surface area contributed by atoms with Gasteiger partial charge in [0.1, 0.15) is 17.0 Å². The minimum atomic E-state index is -0.0525. The van der Waals surface area contributed by atoms with Gasteiger partial charge in [0, 0.05) is 6.54 Å². The van der Waals surface area contributed by atoms with Gasteiger partial charge in [0.25, 0.3) is 5.91 Å². The quantitative estimate of drug-likeness (QED) is 0.760. The fourth-order valence-corrected chi connectivity index (χ4v) is 4.04. The molecule has 0 aliphatic carbocycles. The summed E-state index contributed by atoms with van der Waals surface area (Å²) in [6.45, 7) is 2.60. The summed E-state index contributed by atoms with van der Waals surface area (Å²) >= 11 is 1.39. The first-order chi connectivity index (χ1) is 12.1. The molecule has 1 fully saturated rings. The lowest BCUT2D eigenvalue weighted by molar-refractivity contribution is 0.0610. The van der Waals surface area contributed by atoms with Crippen molar-refractivity contribution in [3.63, 3.8) is 0 Å². The number of thiazole rings is 1. The monoisotopic (exact) mass is 354 g/mol. The lowest BCUT2D eigenvalue weighted by Gasteiger charge is -2.35. The zero-order chi connectivity index (χ0) is 17.4. The van der Waals surface area contributed by atoms with Crippen LogP contribution in [0, 0.1) is 6.92 Å². The van der Waals surface area contributed by atoms with Crippen LogP contribution < -0.4 is 5.73 Å². The van der Waals surface area contributed by atoms with Gasteiger partial charge >= 0.3 is 0 Å². The number of likely N-dealkylation sites (tertiary alicyclic amines) is 1. The summed E-state index contributed by atoms with van der Waals surface area (Å²) in [5.74, 6) is 0.453. The zero-order valence-corrected chi connectivity index (χ0v) is 14.7. The van der Waals surface area contributed by atoms with Crippen molar-refractivity contribution in [3.8, 4) is 0 Å². The van der Waals surface area contributed by atoms with E-state index in [-0.39, 0.29) is 11.9 Å². The molecule has 1 unspecified atom stereocenters. The number of carbonyl (C=O) groups is 1. The standard InChI is InChI=1S/C17H18N6OS/c1-10-14(25-9-21-10)17(24)23-7-3-2-4-13(23)12-6-5-11-15(18)19-8-20-16(11)22-12/h5-6,8-9,13H,2-4,7H2,1H3,(H2,18,19,20,22). The first-order valence-corrected chi connectivity index (χ1v) is 9.11. The molecule has 1 amide bonds. The first kappa shape index (κ1) is 15.9. The number of rotatable bonds is 2. The van der Waals surface area contributed by atoms with E-state index in [4.69, 9.17) is 5.73 Å². The largest absolute Gasteiger partial charge is 0.383 e. The number of nitrogens with zero attached hydrogens (tertiary/aromatic N) is 5. The van der Waals surface area contributed by atoms with Crippen molar-refractivity contribution in [3.05, 3.63) is 40.2 Å². The van der Waals surface area contributed by atoms with Crippen LogP contribution in [-0.4, -0.2) is 37.3 Å². The summed E-state index contributed by atoms with van der Waals surface area (Å²) in [5.41, 5.74) is 9.80. The van der Waals surface area contributed by atoms with E-state index in [9.17, 15) is 4.79 Å². The normalized spacial score (nSPS) is 17.8. The van der Waals surface area contributed by atoms with Crippen molar-refractivity contribution in [1.82, 2.24) is 24.8 Å². The number of aromatic nitrogens is 4. The van der Waals surface area contributed by atoms with Crippen LogP contribution >= 0.6 is 11.3 Å². The molecule has 7 nitrogen and oxygen atoms in total. The number of amides is 1. The molecule has 1 aliphatic heterocycles. The fraction of sp³-hybridized carbons (Fsp3) is 0.353. The van der Waals surface area contributed by atoms with Crippen LogP contribution in [-0.2, 0) is 0 Å². The minimum absolute atomic E-state index is 0.0359. The molecule has 25 heavy (non-hydrogen) atoms. The molecular formula is C17H18N6OS. The minimum Gasteiger partial charge on any atom is -0.383 e. The summed E-state index contributed by atoms with van der Waals surface area (Å²) in [6, 6.07) is 3.77. The Bertz CT molecular complexity index is 940. The molecule has 0 aromatic carbocycles. The van der Waals surface area contributed by atoms with Gasteiger partial charge < -0.3 is 10.6 Å². The van der Waals surface area contributed by atoms with E-state index >= 15 is 0 Å². The smallest absolute Gasteiger partial charge is 0.266 e. The van der Waals surface area contributed by atoms with Crippen molar-refractivity contribution in [2.45, 2.75) is 32.2 Å². The van der Waals surface area contributed by atoms with Crippen molar-refractivity contribution in [2.75, 3.05) is 12.3 Å². The summed E-state index contributed by atoms with van der Waals surface area (Å²) in [6.07, 6.45) is 4.38. The predicted molar refractivity (Wildman–Crippen MR) is 96.2 cm³/mol. The molecule has 2 N–H and O–H groups in total. The van der Waals surface area contributed by atoms with Gasteiger partial charge in [0.2, 0.25) is 0 Å². The van der Waals surface area contributed by atoms with Crippen LogP contribution in [0.15, 0.2) is 24.0 Å². The van der Waals surface area contributed by atoms with Crippen molar-refractivity contribution in [1.29, 1.82) is 0 Å². The van der Waals surface area contributed by atoms with E-state index in [1.165, 1.54) is 17.7 Å². The van der Waals surface area contributed by atoms with Crippen LogP contribution in [0.2, 0.25) is 0 Å². The third-order valence-corrected chi connectivity index (χ3v) is 5.51. The Kier molecular flexibility index (Phi) is 4.04. The Balaban J connectivity index is 1.72. The second kappa shape index (κ2) is 6.36. The Morgan fingerprint density at radius 2 is 2.16 bits per heavy atom. The van der Waals surface area contributed by atoms with Gasteiger partial charge in [-0.2, -0.15) is 0 Å². The van der Waals surface area contributed by atoms with Gasteiger partial charge in [-0.3, -0.25) is 4.79 Å². The van der Waals surface area contributed by atoms with Gasteiger partial charge in [0.15, 0.2) is 5.65 Å². The molecule has 128 valence electrons. The maximum atomic E-state index is 13.0. The zero-order valence-electron chi connectivity index (χ0n) is 13.8. The highest BCUT2D eigenvalue weighted by Crippen LogP contribution is 2.33. The Morgan fingerprint density at radius 3 is 2.96 bits per heavy atom. The van der Waals surface area contributed by atoms with E-state index < -0.39 is 0 Å². The molecule has 1 aliphatic rings. The van der Waals surface area contributed by atoms with Crippen LogP contribution in [0.3, 0.4) is 0 Å². The Labute approximate surface area is 148 Å². The van der Waals surface area contributed by atoms with Gasteiger partial charge in [-0.15, -0.1) is 11.3 Å². The van der Waals surface area contributed by atoms with Crippen LogP contribution in [0.4, 0.5) is 5.82 Å². The highest BCUT2D eigenvalue weighted by molar-refractivity contribution is 7.11. The number of nitrogens with two attached hydrogens (primary N) is 1. The molecule has 0 radical (unpaired) electrons. The van der Waals surface area contributed by atoms with Crippen molar-refractivity contribution >= 4 is 34.1 Å². The number of aryl methyl sites for hydroxylation is 1. The fourth-order valence-electron chi connectivity index (χ4n) is 3.28. The van der Waals surface area contributed by atoms with Crippen LogP contribution in [0.5, 0.6) is 0 Å². The molecule has 3 aromatic rings. The van der Waals surface area contributed by atoms with E-state index in [2.05, 4.69) is 19.9 Å². The lowest BCUT2D eigenvalue weighted by Crippen LogP contribution is -2.38. The second-order valence-corrected chi connectivity index (χ2v) is 7.00.